The molecular formula is C11H15ClN2O2S. The first-order valence-corrected chi connectivity index (χ1v) is 5.68. The average Bonchev–Trinajstić information content (AvgIpc) is 2.59. The molecule has 6 heteroatoms. The van der Waals surface area contributed by atoms with Crippen molar-refractivity contribution in [3.05, 3.63) is 21.9 Å². The summed E-state index contributed by atoms with van der Waals surface area (Å²) in [6.45, 7) is 5.82. The Morgan fingerprint density at radius 1 is 1.53 bits per heavy atom. The van der Waals surface area contributed by atoms with Gasteiger partial charge in [0, 0.05) is 4.88 Å². The van der Waals surface area contributed by atoms with Crippen LogP contribution in [0.15, 0.2) is 12.1 Å². The summed E-state index contributed by atoms with van der Waals surface area (Å²) in [7, 11) is 0. The fraction of sp³-hybridized carbons (Fsp3) is 0.455. The molecule has 0 spiro atoms. The summed E-state index contributed by atoms with van der Waals surface area (Å²) in [6.07, 6.45) is -0.445. The monoisotopic (exact) mass is 274 g/mol. The number of halogens is 1. The number of hydrogen-bond donors (Lipinski definition) is 1. The fourth-order valence-electron chi connectivity index (χ4n) is 1.01. The van der Waals surface area contributed by atoms with Crippen LogP contribution in [-0.2, 0) is 11.3 Å². The molecule has 1 heterocycles. The van der Waals surface area contributed by atoms with E-state index >= 15 is 0 Å². The second-order valence-electron chi connectivity index (χ2n) is 4.23. The first-order valence-electron chi connectivity index (χ1n) is 4.86. The highest BCUT2D eigenvalue weighted by Crippen LogP contribution is 2.15. The van der Waals surface area contributed by atoms with Gasteiger partial charge in [-0.15, -0.1) is 23.7 Å². The van der Waals surface area contributed by atoms with Crippen LogP contribution >= 0.6 is 23.7 Å². The summed E-state index contributed by atoms with van der Waals surface area (Å²) in [5.41, 5.74) is -0.489. The first-order chi connectivity index (χ1) is 7.40. The lowest BCUT2D eigenvalue weighted by Crippen LogP contribution is -2.31. The molecule has 0 saturated carbocycles. The van der Waals surface area contributed by atoms with E-state index in [0.717, 1.165) is 4.88 Å². The zero-order valence-corrected chi connectivity index (χ0v) is 11.6. The van der Waals surface area contributed by atoms with E-state index in [9.17, 15) is 4.79 Å². The summed E-state index contributed by atoms with van der Waals surface area (Å²) in [4.78, 5) is 12.9. The molecule has 0 aliphatic rings. The Balaban J connectivity index is 0.00000256. The molecule has 4 nitrogen and oxygen atoms in total. The van der Waals surface area contributed by atoms with Crippen LogP contribution in [0.1, 0.15) is 30.5 Å². The molecule has 1 amide bonds. The molecule has 0 saturated heterocycles. The van der Waals surface area contributed by atoms with Gasteiger partial charge in [0.25, 0.3) is 0 Å². The van der Waals surface area contributed by atoms with Gasteiger partial charge in [-0.1, -0.05) is 0 Å². The minimum Gasteiger partial charge on any atom is -0.444 e. The fourth-order valence-corrected chi connectivity index (χ4v) is 1.75. The third-order valence-corrected chi connectivity index (χ3v) is 2.57. The van der Waals surface area contributed by atoms with Gasteiger partial charge >= 0.3 is 6.09 Å². The maximum atomic E-state index is 11.3. The van der Waals surface area contributed by atoms with Crippen LogP contribution in [0.4, 0.5) is 4.79 Å². The lowest BCUT2D eigenvalue weighted by molar-refractivity contribution is 0.0524. The van der Waals surface area contributed by atoms with E-state index in [-0.39, 0.29) is 12.4 Å². The molecule has 0 radical (unpaired) electrons. The molecule has 0 atom stereocenters. The van der Waals surface area contributed by atoms with Crippen LogP contribution in [-0.4, -0.2) is 11.7 Å². The molecule has 0 fully saturated rings. The quantitative estimate of drug-likeness (QED) is 0.901. The normalized spacial score (nSPS) is 10.0. The number of ether oxygens (including phenoxy) is 1. The molecular weight excluding hydrogens is 260 g/mol. The van der Waals surface area contributed by atoms with Crippen molar-refractivity contribution in [3.63, 3.8) is 0 Å². The zero-order valence-electron chi connectivity index (χ0n) is 9.94. The number of nitrogens with one attached hydrogen (secondary N) is 1. The molecule has 1 aromatic rings. The number of alkyl carbamates (subject to hydrolysis) is 1. The van der Waals surface area contributed by atoms with Gasteiger partial charge in [-0.2, -0.15) is 5.26 Å². The van der Waals surface area contributed by atoms with Crippen molar-refractivity contribution >= 4 is 29.8 Å². The molecule has 1 rings (SSSR count). The Hall–Kier alpha value is -1.25. The van der Waals surface area contributed by atoms with E-state index in [4.69, 9.17) is 10.00 Å². The van der Waals surface area contributed by atoms with Gasteiger partial charge in [-0.3, -0.25) is 0 Å². The van der Waals surface area contributed by atoms with Gasteiger partial charge in [0.1, 0.15) is 16.5 Å². The minimum atomic E-state index is -0.489. The molecule has 0 aromatic carbocycles. The van der Waals surface area contributed by atoms with Crippen LogP contribution < -0.4 is 5.32 Å². The molecule has 1 aromatic heterocycles. The third kappa shape index (κ3) is 6.15. The Bertz CT molecular complexity index is 418. The largest absolute Gasteiger partial charge is 0.444 e. The van der Waals surface area contributed by atoms with Crippen molar-refractivity contribution in [2.45, 2.75) is 32.9 Å². The molecule has 0 unspecified atom stereocenters. The van der Waals surface area contributed by atoms with Gasteiger partial charge in [-0.05, 0) is 32.9 Å². The number of carbonyl (C=O) groups is 1. The standard InChI is InChI=1S/C11H14N2O2S.ClH/c1-11(2,3)15-10(14)13-7-9-5-4-8(6-12)16-9;/h4-5H,7H2,1-3H3,(H,13,14);1H. The van der Waals surface area contributed by atoms with Crippen molar-refractivity contribution < 1.29 is 9.53 Å². The summed E-state index contributed by atoms with van der Waals surface area (Å²) in [5, 5.41) is 11.3. The highest BCUT2D eigenvalue weighted by Gasteiger charge is 2.15. The molecule has 0 bridgehead atoms. The Labute approximate surface area is 111 Å². The van der Waals surface area contributed by atoms with Crippen LogP contribution in [0.5, 0.6) is 0 Å². The topological polar surface area (TPSA) is 62.1 Å². The number of amides is 1. The van der Waals surface area contributed by atoms with Gasteiger partial charge in [0.15, 0.2) is 0 Å². The van der Waals surface area contributed by atoms with E-state index in [1.165, 1.54) is 11.3 Å². The summed E-state index contributed by atoms with van der Waals surface area (Å²) in [6, 6.07) is 5.60. The van der Waals surface area contributed by atoms with Crippen LogP contribution in [0, 0.1) is 11.3 Å². The van der Waals surface area contributed by atoms with Crippen molar-refractivity contribution in [2.24, 2.45) is 0 Å². The van der Waals surface area contributed by atoms with E-state index in [1.54, 1.807) is 6.07 Å². The van der Waals surface area contributed by atoms with Crippen LogP contribution in [0.25, 0.3) is 0 Å². The Kier molecular flexibility index (Phi) is 6.00. The van der Waals surface area contributed by atoms with E-state index in [2.05, 4.69) is 5.32 Å². The van der Waals surface area contributed by atoms with Gasteiger partial charge in [0.05, 0.1) is 6.54 Å². The Morgan fingerprint density at radius 2 is 2.18 bits per heavy atom. The third-order valence-electron chi connectivity index (χ3n) is 1.58. The number of carbonyl (C=O) groups excluding carboxylic acids is 1. The Morgan fingerprint density at radius 3 is 2.65 bits per heavy atom. The molecule has 94 valence electrons. The minimum absolute atomic E-state index is 0. The van der Waals surface area contributed by atoms with E-state index in [1.807, 2.05) is 32.9 Å². The second kappa shape index (κ2) is 6.48. The van der Waals surface area contributed by atoms with Crippen LogP contribution in [0.3, 0.4) is 0 Å². The van der Waals surface area contributed by atoms with Gasteiger partial charge in [-0.25, -0.2) is 4.79 Å². The van der Waals surface area contributed by atoms with E-state index < -0.39 is 11.7 Å². The summed E-state index contributed by atoms with van der Waals surface area (Å²) in [5.74, 6) is 0. The van der Waals surface area contributed by atoms with Gasteiger partial charge in [0.2, 0.25) is 0 Å². The van der Waals surface area contributed by atoms with Crippen molar-refractivity contribution in [1.29, 1.82) is 5.26 Å². The molecule has 17 heavy (non-hydrogen) atoms. The number of nitriles is 1. The van der Waals surface area contributed by atoms with Crippen molar-refractivity contribution in [3.8, 4) is 6.07 Å². The average molecular weight is 275 g/mol. The number of nitrogens with zero attached hydrogens (tertiary/aromatic N) is 1. The number of rotatable bonds is 2. The number of hydrogen-bond acceptors (Lipinski definition) is 4. The predicted molar refractivity (Wildman–Crippen MR) is 69.4 cm³/mol. The SMILES string of the molecule is CC(C)(C)OC(=O)NCc1ccc(C#N)s1.Cl. The maximum Gasteiger partial charge on any atom is 0.407 e. The van der Waals surface area contributed by atoms with E-state index in [0.29, 0.717) is 11.4 Å². The number of thiophene rings is 1. The summed E-state index contributed by atoms with van der Waals surface area (Å²) < 4.78 is 5.08. The van der Waals surface area contributed by atoms with Crippen LogP contribution in [0.2, 0.25) is 0 Å². The van der Waals surface area contributed by atoms with Gasteiger partial charge < -0.3 is 10.1 Å². The lowest BCUT2D eigenvalue weighted by Gasteiger charge is -2.19. The first kappa shape index (κ1) is 15.8. The molecule has 0 aliphatic heterocycles. The highest BCUT2D eigenvalue weighted by molar-refractivity contribution is 7.12. The van der Waals surface area contributed by atoms with Crippen molar-refractivity contribution in [1.82, 2.24) is 5.32 Å². The zero-order chi connectivity index (χ0) is 12.2. The molecule has 0 aliphatic carbocycles. The second-order valence-corrected chi connectivity index (χ2v) is 5.40. The molecule has 1 N–H and O–H groups in total. The predicted octanol–water partition coefficient (Wildman–Crippen LogP) is 3.07. The maximum absolute atomic E-state index is 11.3. The highest BCUT2D eigenvalue weighted by atomic mass is 35.5. The lowest BCUT2D eigenvalue weighted by atomic mass is 10.2. The van der Waals surface area contributed by atoms with Crippen molar-refractivity contribution in [2.75, 3.05) is 0 Å². The smallest absolute Gasteiger partial charge is 0.407 e. The summed E-state index contributed by atoms with van der Waals surface area (Å²) >= 11 is 1.36.